The van der Waals surface area contributed by atoms with Crippen molar-refractivity contribution < 1.29 is 9.90 Å². The Morgan fingerprint density at radius 1 is 1.36 bits per heavy atom. The Kier molecular flexibility index (Phi) is 5.97. The Balaban J connectivity index is 1.55. The SMILES string of the molecule is CN(CC1(O)CCN(C2CCCCC2)CC1)C(=O)c1cccnc1Cl. The molecule has 2 fully saturated rings. The maximum atomic E-state index is 12.6. The van der Waals surface area contributed by atoms with E-state index in [1.54, 1.807) is 30.3 Å². The Morgan fingerprint density at radius 3 is 2.68 bits per heavy atom. The van der Waals surface area contributed by atoms with Gasteiger partial charge in [0, 0.05) is 38.9 Å². The number of rotatable bonds is 4. The highest BCUT2D eigenvalue weighted by atomic mass is 35.5. The molecule has 25 heavy (non-hydrogen) atoms. The number of aliphatic hydroxyl groups is 1. The highest BCUT2D eigenvalue weighted by Crippen LogP contribution is 2.29. The standard InChI is InChI=1S/C19H28ClN3O2/c1-22(18(24)16-8-5-11-21-17(16)20)14-19(25)9-12-23(13-10-19)15-6-3-2-4-7-15/h5,8,11,15,25H,2-4,6-7,9-10,12-14H2,1H3. The molecule has 0 spiro atoms. The van der Waals surface area contributed by atoms with Gasteiger partial charge in [0.15, 0.2) is 0 Å². The third kappa shape index (κ3) is 4.52. The fourth-order valence-electron chi connectivity index (χ4n) is 4.17. The van der Waals surface area contributed by atoms with Gasteiger partial charge in [-0.3, -0.25) is 4.79 Å². The smallest absolute Gasteiger partial charge is 0.256 e. The Bertz CT molecular complexity index is 596. The van der Waals surface area contributed by atoms with E-state index in [-0.39, 0.29) is 11.1 Å². The molecule has 2 aliphatic rings. The van der Waals surface area contributed by atoms with Gasteiger partial charge in [-0.1, -0.05) is 30.9 Å². The molecule has 1 aliphatic heterocycles. The Morgan fingerprint density at radius 2 is 2.04 bits per heavy atom. The summed E-state index contributed by atoms with van der Waals surface area (Å²) >= 11 is 6.02. The molecule has 0 radical (unpaired) electrons. The molecule has 6 heteroatoms. The minimum Gasteiger partial charge on any atom is -0.388 e. The van der Waals surface area contributed by atoms with Crippen LogP contribution < -0.4 is 0 Å². The van der Waals surface area contributed by atoms with Crippen LogP contribution in [0.25, 0.3) is 0 Å². The second-order valence-corrected chi connectivity index (χ2v) is 7.91. The van der Waals surface area contributed by atoms with E-state index in [2.05, 4.69) is 9.88 Å². The van der Waals surface area contributed by atoms with Crippen molar-refractivity contribution in [2.75, 3.05) is 26.7 Å². The largest absolute Gasteiger partial charge is 0.388 e. The number of likely N-dealkylation sites (N-methyl/N-ethyl adjacent to an activating group) is 1. The van der Waals surface area contributed by atoms with Gasteiger partial charge in [0.05, 0.1) is 11.2 Å². The van der Waals surface area contributed by atoms with Crippen molar-refractivity contribution in [2.24, 2.45) is 0 Å². The zero-order chi connectivity index (χ0) is 17.9. The number of halogens is 1. The molecule has 1 amide bonds. The summed E-state index contributed by atoms with van der Waals surface area (Å²) in [6.07, 6.45) is 9.57. The number of amides is 1. The predicted octanol–water partition coefficient (Wildman–Crippen LogP) is 2.97. The quantitative estimate of drug-likeness (QED) is 0.833. The second-order valence-electron chi connectivity index (χ2n) is 7.56. The van der Waals surface area contributed by atoms with Gasteiger partial charge < -0.3 is 14.9 Å². The van der Waals surface area contributed by atoms with Crippen LogP contribution in [0.4, 0.5) is 0 Å². The monoisotopic (exact) mass is 365 g/mol. The predicted molar refractivity (Wildman–Crippen MR) is 98.8 cm³/mol. The molecule has 0 bridgehead atoms. The molecule has 0 unspecified atom stereocenters. The summed E-state index contributed by atoms with van der Waals surface area (Å²) in [5, 5.41) is 11.2. The first-order valence-electron chi connectivity index (χ1n) is 9.31. The molecule has 1 aromatic rings. The van der Waals surface area contributed by atoms with Gasteiger partial charge in [0.25, 0.3) is 5.91 Å². The molecule has 1 N–H and O–H groups in total. The summed E-state index contributed by atoms with van der Waals surface area (Å²) in [5.74, 6) is -0.193. The zero-order valence-electron chi connectivity index (χ0n) is 15.0. The normalized spacial score (nSPS) is 21.9. The molecule has 1 saturated carbocycles. The number of pyridine rings is 1. The molecular formula is C19H28ClN3O2. The van der Waals surface area contributed by atoms with Crippen molar-refractivity contribution in [3.63, 3.8) is 0 Å². The minimum absolute atomic E-state index is 0.193. The molecule has 1 saturated heterocycles. The van der Waals surface area contributed by atoms with E-state index in [1.807, 2.05) is 0 Å². The van der Waals surface area contributed by atoms with Gasteiger partial charge >= 0.3 is 0 Å². The molecule has 1 aliphatic carbocycles. The van der Waals surface area contributed by atoms with Crippen LogP contribution in [0.3, 0.4) is 0 Å². The molecule has 5 nitrogen and oxygen atoms in total. The fraction of sp³-hybridized carbons (Fsp3) is 0.684. The van der Waals surface area contributed by atoms with Gasteiger partial charge in [-0.2, -0.15) is 0 Å². The lowest BCUT2D eigenvalue weighted by atomic mass is 9.87. The van der Waals surface area contributed by atoms with Gasteiger partial charge in [0.1, 0.15) is 5.15 Å². The van der Waals surface area contributed by atoms with Gasteiger partial charge in [-0.25, -0.2) is 4.98 Å². The number of carbonyl (C=O) groups is 1. The molecule has 0 atom stereocenters. The van der Waals surface area contributed by atoms with Gasteiger partial charge in [0.2, 0.25) is 0 Å². The number of hydrogen-bond donors (Lipinski definition) is 1. The highest BCUT2D eigenvalue weighted by Gasteiger charge is 2.36. The van der Waals surface area contributed by atoms with E-state index < -0.39 is 5.60 Å². The lowest BCUT2D eigenvalue weighted by Gasteiger charge is -2.44. The number of carbonyl (C=O) groups excluding carboxylic acids is 1. The third-order valence-electron chi connectivity index (χ3n) is 5.69. The molecule has 138 valence electrons. The second kappa shape index (κ2) is 8.02. The summed E-state index contributed by atoms with van der Waals surface area (Å²) in [6, 6.07) is 4.06. The van der Waals surface area contributed by atoms with E-state index in [9.17, 15) is 9.90 Å². The lowest BCUT2D eigenvalue weighted by Crippen LogP contribution is -2.53. The molecule has 1 aromatic heterocycles. The van der Waals surface area contributed by atoms with Crippen molar-refractivity contribution in [3.8, 4) is 0 Å². The number of aromatic nitrogens is 1. The third-order valence-corrected chi connectivity index (χ3v) is 5.99. The van der Waals surface area contributed by atoms with Gasteiger partial charge in [-0.05, 0) is 37.8 Å². The molecular weight excluding hydrogens is 338 g/mol. The van der Waals surface area contributed by atoms with E-state index in [4.69, 9.17) is 11.6 Å². The molecule has 0 aromatic carbocycles. The van der Waals surface area contributed by atoms with Crippen LogP contribution >= 0.6 is 11.6 Å². The zero-order valence-corrected chi connectivity index (χ0v) is 15.7. The average Bonchev–Trinajstić information content (AvgIpc) is 2.62. The van der Waals surface area contributed by atoms with Crippen molar-refractivity contribution in [1.82, 2.24) is 14.8 Å². The number of piperidine rings is 1. The highest BCUT2D eigenvalue weighted by molar-refractivity contribution is 6.32. The van der Waals surface area contributed by atoms with E-state index in [0.29, 0.717) is 31.0 Å². The molecule has 3 rings (SSSR count). The number of hydrogen-bond acceptors (Lipinski definition) is 4. The van der Waals surface area contributed by atoms with Crippen molar-refractivity contribution >= 4 is 17.5 Å². The van der Waals surface area contributed by atoms with Crippen LogP contribution in [-0.2, 0) is 0 Å². The average molecular weight is 366 g/mol. The summed E-state index contributed by atoms with van der Waals surface area (Å²) in [7, 11) is 1.72. The van der Waals surface area contributed by atoms with Crippen molar-refractivity contribution in [2.45, 2.75) is 56.6 Å². The van der Waals surface area contributed by atoms with Crippen LogP contribution in [0.2, 0.25) is 5.15 Å². The maximum absolute atomic E-state index is 12.6. The number of likely N-dealkylation sites (tertiary alicyclic amines) is 1. The van der Waals surface area contributed by atoms with E-state index >= 15 is 0 Å². The van der Waals surface area contributed by atoms with E-state index in [0.717, 1.165) is 13.1 Å². The lowest BCUT2D eigenvalue weighted by molar-refractivity contribution is -0.0481. The fourth-order valence-corrected chi connectivity index (χ4v) is 4.37. The first-order valence-corrected chi connectivity index (χ1v) is 9.69. The Hall–Kier alpha value is -1.17. The summed E-state index contributed by atoms with van der Waals surface area (Å²) < 4.78 is 0. The Labute approximate surface area is 155 Å². The van der Waals surface area contributed by atoms with Crippen LogP contribution in [-0.4, -0.2) is 64.1 Å². The van der Waals surface area contributed by atoms with Crippen molar-refractivity contribution in [3.05, 3.63) is 29.0 Å². The van der Waals surface area contributed by atoms with Crippen molar-refractivity contribution in [1.29, 1.82) is 0 Å². The summed E-state index contributed by atoms with van der Waals surface area (Å²) in [4.78, 5) is 20.6. The maximum Gasteiger partial charge on any atom is 0.256 e. The first-order chi connectivity index (χ1) is 12.0. The number of nitrogens with zero attached hydrogens (tertiary/aromatic N) is 3. The summed E-state index contributed by atoms with van der Waals surface area (Å²) in [6.45, 7) is 2.16. The van der Waals surface area contributed by atoms with Crippen LogP contribution in [0.15, 0.2) is 18.3 Å². The van der Waals surface area contributed by atoms with E-state index in [1.165, 1.54) is 32.1 Å². The van der Waals surface area contributed by atoms with Crippen LogP contribution in [0.1, 0.15) is 55.3 Å². The summed E-state index contributed by atoms with van der Waals surface area (Å²) in [5.41, 5.74) is -0.431. The topological polar surface area (TPSA) is 56.7 Å². The molecule has 2 heterocycles. The minimum atomic E-state index is -0.815. The first kappa shape index (κ1) is 18.6. The van der Waals surface area contributed by atoms with Crippen LogP contribution in [0.5, 0.6) is 0 Å². The van der Waals surface area contributed by atoms with Crippen LogP contribution in [0, 0.1) is 0 Å². The van der Waals surface area contributed by atoms with Gasteiger partial charge in [-0.15, -0.1) is 0 Å².